The molecule has 2 aliphatic heterocycles. The first-order valence-electron chi connectivity index (χ1n) is 8.49. The number of benzene rings is 1. The summed E-state index contributed by atoms with van der Waals surface area (Å²) in [5.41, 5.74) is 0.998. The van der Waals surface area contributed by atoms with Crippen LogP contribution in [0.4, 0.5) is 8.78 Å². The molecule has 1 saturated heterocycles. The molecule has 1 fully saturated rings. The number of hydrogen-bond acceptors (Lipinski definition) is 6. The Bertz CT molecular complexity index is 939. The number of nitrogens with zero attached hydrogens (tertiary/aromatic N) is 4. The minimum absolute atomic E-state index is 0.224. The standard InChI is InChI=1S/C17H19F2N5O2S/c1-27(25)16-20-7-6-17(22-16,23-8-10-26-11-9-23)24-13-5-3-2-4-12(13)21-15(24)14(18)19/h2-7,14H,8-11H2,1H3,(H,20,22). The fourth-order valence-corrected chi connectivity index (χ4v) is 3.96. The minimum Gasteiger partial charge on any atom is -0.379 e. The Morgan fingerprint density at radius 1 is 1.30 bits per heavy atom. The van der Waals surface area contributed by atoms with Gasteiger partial charge in [-0.3, -0.25) is 13.7 Å². The number of nitrogens with one attached hydrogen (secondary N) is 1. The summed E-state index contributed by atoms with van der Waals surface area (Å²) in [6.07, 6.45) is 2.01. The van der Waals surface area contributed by atoms with Crippen LogP contribution in [0.15, 0.2) is 41.5 Å². The molecule has 0 spiro atoms. The highest BCUT2D eigenvalue weighted by Crippen LogP contribution is 2.36. The summed E-state index contributed by atoms with van der Waals surface area (Å²) in [5, 5.41) is 3.09. The molecule has 144 valence electrons. The first-order valence-corrected chi connectivity index (χ1v) is 10.0. The lowest BCUT2D eigenvalue weighted by molar-refractivity contribution is -0.0345. The normalized spacial score (nSPS) is 24.8. The Hall–Kier alpha value is -2.17. The number of amidine groups is 1. The molecule has 0 aliphatic carbocycles. The van der Waals surface area contributed by atoms with Gasteiger partial charge in [0.05, 0.1) is 35.0 Å². The summed E-state index contributed by atoms with van der Waals surface area (Å²) in [6, 6.07) is 6.96. The maximum Gasteiger partial charge on any atom is 0.295 e. The van der Waals surface area contributed by atoms with E-state index < -0.39 is 23.0 Å². The molecule has 1 N–H and O–H groups in total. The van der Waals surface area contributed by atoms with E-state index in [1.54, 1.807) is 36.5 Å². The quantitative estimate of drug-likeness (QED) is 0.858. The van der Waals surface area contributed by atoms with Gasteiger partial charge in [-0.05, 0) is 18.2 Å². The molecule has 2 aromatic rings. The van der Waals surface area contributed by atoms with Crippen LogP contribution in [0.2, 0.25) is 0 Å². The van der Waals surface area contributed by atoms with Crippen LogP contribution in [0.3, 0.4) is 0 Å². The van der Waals surface area contributed by atoms with Crippen molar-refractivity contribution in [2.45, 2.75) is 12.2 Å². The molecule has 0 amide bonds. The number of alkyl halides is 2. The topological polar surface area (TPSA) is 71.8 Å². The van der Waals surface area contributed by atoms with Crippen LogP contribution in [0, 0.1) is 0 Å². The third-order valence-electron chi connectivity index (χ3n) is 4.64. The number of para-hydroxylation sites is 2. The average molecular weight is 395 g/mol. The summed E-state index contributed by atoms with van der Waals surface area (Å²) in [4.78, 5) is 10.7. The van der Waals surface area contributed by atoms with E-state index in [4.69, 9.17) is 4.74 Å². The smallest absolute Gasteiger partial charge is 0.295 e. The fraction of sp³-hybridized carbons (Fsp3) is 0.412. The molecule has 7 nitrogen and oxygen atoms in total. The van der Waals surface area contributed by atoms with Gasteiger partial charge in [0.15, 0.2) is 11.0 Å². The van der Waals surface area contributed by atoms with Crippen molar-refractivity contribution >= 4 is 27.0 Å². The van der Waals surface area contributed by atoms with Crippen molar-refractivity contribution in [1.82, 2.24) is 19.8 Å². The largest absolute Gasteiger partial charge is 0.379 e. The van der Waals surface area contributed by atoms with Crippen molar-refractivity contribution in [1.29, 1.82) is 0 Å². The zero-order valence-electron chi connectivity index (χ0n) is 14.6. The van der Waals surface area contributed by atoms with Gasteiger partial charge in [0.25, 0.3) is 6.43 Å². The first kappa shape index (κ1) is 18.2. The maximum atomic E-state index is 13.9. The predicted octanol–water partition coefficient (Wildman–Crippen LogP) is 1.77. The summed E-state index contributed by atoms with van der Waals surface area (Å²) >= 11 is 0. The van der Waals surface area contributed by atoms with Crippen molar-refractivity contribution in [2.75, 3.05) is 32.6 Å². The number of halogens is 2. The molecule has 4 rings (SSSR count). The number of hydrogen-bond donors (Lipinski definition) is 1. The van der Waals surface area contributed by atoms with Crippen molar-refractivity contribution in [3.05, 3.63) is 42.4 Å². The Balaban J connectivity index is 2.01. The van der Waals surface area contributed by atoms with Crippen LogP contribution in [0.5, 0.6) is 0 Å². The third kappa shape index (κ3) is 3.07. The molecular weight excluding hydrogens is 376 g/mol. The van der Waals surface area contributed by atoms with Gasteiger partial charge in [-0.15, -0.1) is 0 Å². The molecule has 10 heteroatoms. The average Bonchev–Trinajstić information content (AvgIpc) is 3.09. The van der Waals surface area contributed by atoms with E-state index in [0.717, 1.165) is 0 Å². The number of rotatable bonds is 3. The maximum absolute atomic E-state index is 13.9. The Morgan fingerprint density at radius 3 is 2.74 bits per heavy atom. The SMILES string of the molecule is CS(=O)C1=NC(N2CCOCC2)(n2c(C(F)F)nc3ccccc32)C=CN1. The number of fused-ring (bicyclic) bond motifs is 1. The van der Waals surface area contributed by atoms with E-state index in [-0.39, 0.29) is 11.0 Å². The van der Waals surface area contributed by atoms with Crippen LogP contribution < -0.4 is 5.32 Å². The predicted molar refractivity (Wildman–Crippen MR) is 98.8 cm³/mol. The van der Waals surface area contributed by atoms with Crippen LogP contribution in [-0.2, 0) is 21.3 Å². The fourth-order valence-electron chi connectivity index (χ4n) is 3.46. The lowest BCUT2D eigenvalue weighted by Crippen LogP contribution is -2.55. The Kier molecular flexibility index (Phi) is 4.79. The lowest BCUT2D eigenvalue weighted by atomic mass is 10.2. The van der Waals surface area contributed by atoms with E-state index in [1.807, 2.05) is 4.90 Å². The number of aromatic nitrogens is 2. The van der Waals surface area contributed by atoms with E-state index in [2.05, 4.69) is 15.3 Å². The molecule has 2 unspecified atom stereocenters. The highest BCUT2D eigenvalue weighted by Gasteiger charge is 2.43. The number of morpholine rings is 1. The van der Waals surface area contributed by atoms with Crippen LogP contribution in [0.25, 0.3) is 11.0 Å². The van der Waals surface area contributed by atoms with Gasteiger partial charge in [-0.1, -0.05) is 12.1 Å². The van der Waals surface area contributed by atoms with Crippen LogP contribution >= 0.6 is 0 Å². The summed E-state index contributed by atoms with van der Waals surface area (Å²) in [7, 11) is -1.41. The molecule has 3 heterocycles. The molecule has 1 aromatic carbocycles. The Morgan fingerprint density at radius 2 is 2.04 bits per heavy atom. The minimum atomic E-state index is -2.79. The second-order valence-corrected chi connectivity index (χ2v) is 7.53. The van der Waals surface area contributed by atoms with Gasteiger partial charge in [0.1, 0.15) is 0 Å². The van der Waals surface area contributed by atoms with Gasteiger partial charge >= 0.3 is 0 Å². The van der Waals surface area contributed by atoms with E-state index in [1.165, 1.54) is 10.8 Å². The van der Waals surface area contributed by atoms with Gasteiger partial charge in [0, 0.05) is 25.5 Å². The van der Waals surface area contributed by atoms with Crippen LogP contribution in [0.1, 0.15) is 12.2 Å². The number of ether oxygens (including phenoxy) is 1. The summed E-state index contributed by atoms with van der Waals surface area (Å²) < 4.78 is 46.8. The van der Waals surface area contributed by atoms with Gasteiger partial charge in [-0.25, -0.2) is 18.8 Å². The highest BCUT2D eigenvalue weighted by molar-refractivity contribution is 7.99. The monoisotopic (exact) mass is 395 g/mol. The van der Waals surface area contributed by atoms with Crippen molar-refractivity contribution < 1.29 is 17.7 Å². The molecule has 2 aliphatic rings. The molecule has 0 saturated carbocycles. The lowest BCUT2D eigenvalue weighted by Gasteiger charge is -2.43. The van der Waals surface area contributed by atoms with Crippen molar-refractivity contribution in [2.24, 2.45) is 4.99 Å². The third-order valence-corrected chi connectivity index (χ3v) is 5.39. The van der Waals surface area contributed by atoms with E-state index >= 15 is 0 Å². The molecule has 2 atom stereocenters. The number of aliphatic imine (C=N–C) groups is 1. The van der Waals surface area contributed by atoms with Gasteiger partial charge < -0.3 is 10.1 Å². The zero-order chi connectivity index (χ0) is 19.0. The van der Waals surface area contributed by atoms with E-state index in [0.29, 0.717) is 37.3 Å². The highest BCUT2D eigenvalue weighted by atomic mass is 32.2. The molecule has 0 radical (unpaired) electrons. The van der Waals surface area contributed by atoms with E-state index in [9.17, 15) is 13.0 Å². The molecular formula is C17H19F2N5O2S. The first-order chi connectivity index (χ1) is 13.0. The number of imidazole rings is 1. The Labute approximate surface area is 157 Å². The molecule has 1 aromatic heterocycles. The van der Waals surface area contributed by atoms with Crippen molar-refractivity contribution in [3.63, 3.8) is 0 Å². The van der Waals surface area contributed by atoms with Crippen LogP contribution in [-0.4, -0.2) is 56.4 Å². The van der Waals surface area contributed by atoms with Gasteiger partial charge in [-0.2, -0.15) is 0 Å². The summed E-state index contributed by atoms with van der Waals surface area (Å²) in [5.74, 6) is -1.67. The van der Waals surface area contributed by atoms with Gasteiger partial charge in [0.2, 0.25) is 5.79 Å². The molecule has 0 bridgehead atoms. The zero-order valence-corrected chi connectivity index (χ0v) is 15.5. The summed E-state index contributed by atoms with van der Waals surface area (Å²) in [6.45, 7) is 1.90. The molecule has 27 heavy (non-hydrogen) atoms. The second kappa shape index (κ2) is 7.10. The van der Waals surface area contributed by atoms with Crippen molar-refractivity contribution in [3.8, 4) is 0 Å². The second-order valence-electron chi connectivity index (χ2n) is 6.23.